The van der Waals surface area contributed by atoms with Crippen molar-refractivity contribution in [3.05, 3.63) is 61.9 Å². The van der Waals surface area contributed by atoms with Crippen LogP contribution in [-0.2, 0) is 27.5 Å². The average molecular weight is 389 g/mol. The van der Waals surface area contributed by atoms with E-state index in [9.17, 15) is 9.59 Å². The van der Waals surface area contributed by atoms with Crippen LogP contribution in [0.3, 0.4) is 0 Å². The van der Waals surface area contributed by atoms with Gasteiger partial charge in [0.15, 0.2) is 0 Å². The molecule has 0 radical (unpaired) electrons. The van der Waals surface area contributed by atoms with Crippen LogP contribution in [0.15, 0.2) is 34.0 Å². The Morgan fingerprint density at radius 1 is 1.11 bits per heavy atom. The summed E-state index contributed by atoms with van der Waals surface area (Å²) in [5, 5.41) is 0. The second-order valence-electron chi connectivity index (χ2n) is 6.86. The van der Waals surface area contributed by atoms with Crippen molar-refractivity contribution < 1.29 is 14.2 Å². The van der Waals surface area contributed by atoms with Crippen LogP contribution in [0.25, 0.3) is 0 Å². The summed E-state index contributed by atoms with van der Waals surface area (Å²) in [5.41, 5.74) is 3.14. The Labute approximate surface area is 163 Å². The number of aryl methyl sites for hydroxylation is 2. The first-order chi connectivity index (χ1) is 13.5. The van der Waals surface area contributed by atoms with Crippen LogP contribution in [0.5, 0.6) is 0 Å². The third-order valence-electron chi connectivity index (χ3n) is 4.71. The van der Waals surface area contributed by atoms with E-state index < -0.39 is 5.69 Å². The molecule has 1 saturated heterocycles. The summed E-state index contributed by atoms with van der Waals surface area (Å²) in [5.74, 6) is 0. The highest BCUT2D eigenvalue weighted by Crippen LogP contribution is 2.12. The van der Waals surface area contributed by atoms with Gasteiger partial charge in [-0.15, -0.1) is 0 Å². The van der Waals surface area contributed by atoms with Gasteiger partial charge < -0.3 is 19.1 Å². The number of morpholine rings is 1. The van der Waals surface area contributed by atoms with Gasteiger partial charge in [-0.3, -0.25) is 14.3 Å². The zero-order chi connectivity index (χ0) is 19.9. The van der Waals surface area contributed by atoms with Crippen molar-refractivity contribution in [1.29, 1.82) is 0 Å². The fourth-order valence-electron chi connectivity index (χ4n) is 3.04. The Morgan fingerprint density at radius 2 is 1.86 bits per heavy atom. The maximum Gasteiger partial charge on any atom is 0.330 e. The smallest absolute Gasteiger partial charge is 0.330 e. The van der Waals surface area contributed by atoms with Crippen LogP contribution < -0.4 is 16.1 Å². The van der Waals surface area contributed by atoms with Gasteiger partial charge in [-0.25, -0.2) is 4.79 Å². The van der Waals surface area contributed by atoms with Gasteiger partial charge in [-0.05, 0) is 25.0 Å². The summed E-state index contributed by atoms with van der Waals surface area (Å²) in [6.07, 6.45) is 1.55. The number of nitrogens with one attached hydrogen (secondary N) is 1. The van der Waals surface area contributed by atoms with E-state index in [-0.39, 0.29) is 12.3 Å². The molecule has 28 heavy (non-hydrogen) atoms. The fourth-order valence-corrected chi connectivity index (χ4v) is 3.04. The highest BCUT2D eigenvalue weighted by molar-refractivity contribution is 5.42. The first-order valence-corrected chi connectivity index (χ1v) is 9.42. The predicted octanol–water partition coefficient (Wildman–Crippen LogP) is 1.18. The van der Waals surface area contributed by atoms with E-state index in [1.54, 1.807) is 6.20 Å². The molecule has 152 valence electrons. The molecule has 3 rings (SSSR count). The second kappa shape index (κ2) is 9.68. The molecule has 1 aliphatic heterocycles. The van der Waals surface area contributed by atoms with Crippen LogP contribution in [0.1, 0.15) is 16.7 Å². The molecule has 1 aromatic heterocycles. The third kappa shape index (κ3) is 5.31. The largest absolute Gasteiger partial charge is 0.378 e. The van der Waals surface area contributed by atoms with Crippen LogP contribution in [0.4, 0.5) is 5.69 Å². The van der Waals surface area contributed by atoms with E-state index in [1.165, 1.54) is 15.7 Å². The molecule has 0 amide bonds. The monoisotopic (exact) mass is 389 g/mol. The predicted molar refractivity (Wildman–Crippen MR) is 106 cm³/mol. The molecule has 2 heterocycles. The van der Waals surface area contributed by atoms with Crippen LogP contribution in [0, 0.1) is 13.8 Å². The average Bonchev–Trinajstić information content (AvgIpc) is 2.69. The summed E-state index contributed by atoms with van der Waals surface area (Å²) in [6.45, 7) is 7.83. The van der Waals surface area contributed by atoms with Crippen molar-refractivity contribution in [2.75, 3.05) is 44.4 Å². The number of anilines is 1. The normalized spacial score (nSPS) is 14.4. The minimum Gasteiger partial charge on any atom is -0.378 e. The SMILES string of the molecule is Cc1ccc(C)c(COCCOCn2cc(N3CCOCC3)c(=O)[nH]c2=O)c1. The maximum atomic E-state index is 12.1. The van der Waals surface area contributed by atoms with Gasteiger partial charge in [0.25, 0.3) is 5.56 Å². The van der Waals surface area contributed by atoms with E-state index in [0.717, 1.165) is 5.56 Å². The lowest BCUT2D eigenvalue weighted by molar-refractivity contribution is 0.0119. The van der Waals surface area contributed by atoms with Gasteiger partial charge in [-0.2, -0.15) is 0 Å². The van der Waals surface area contributed by atoms with E-state index in [0.29, 0.717) is 51.8 Å². The van der Waals surface area contributed by atoms with Gasteiger partial charge in [0, 0.05) is 19.3 Å². The molecule has 0 bridgehead atoms. The third-order valence-corrected chi connectivity index (χ3v) is 4.71. The minimum atomic E-state index is -0.488. The molecule has 0 saturated carbocycles. The zero-order valence-corrected chi connectivity index (χ0v) is 16.4. The quantitative estimate of drug-likeness (QED) is 0.683. The van der Waals surface area contributed by atoms with Crippen molar-refractivity contribution in [2.24, 2.45) is 0 Å². The number of hydrogen-bond acceptors (Lipinski definition) is 6. The Kier molecular flexibility index (Phi) is 7.02. The lowest BCUT2D eigenvalue weighted by atomic mass is 10.1. The Bertz CT molecular complexity index is 899. The molecule has 0 unspecified atom stereocenters. The lowest BCUT2D eigenvalue weighted by Gasteiger charge is -2.28. The minimum absolute atomic E-state index is 0.0553. The van der Waals surface area contributed by atoms with Crippen LogP contribution in [-0.4, -0.2) is 49.1 Å². The van der Waals surface area contributed by atoms with Crippen LogP contribution >= 0.6 is 0 Å². The number of nitrogens with zero attached hydrogens (tertiary/aromatic N) is 2. The first kappa shape index (κ1) is 20.3. The summed E-state index contributed by atoms with van der Waals surface area (Å²) < 4.78 is 17.9. The Balaban J connectivity index is 1.48. The second-order valence-corrected chi connectivity index (χ2v) is 6.86. The highest BCUT2D eigenvalue weighted by Gasteiger charge is 2.16. The number of rotatable bonds is 8. The standard InChI is InChI=1S/C20H27N3O5/c1-15-3-4-16(2)17(11-15)13-27-9-10-28-14-23-12-18(19(24)21-20(23)25)22-5-7-26-8-6-22/h3-4,11-12H,5-10,13-14H2,1-2H3,(H,21,24,25). The van der Waals surface area contributed by atoms with E-state index in [1.807, 2.05) is 4.90 Å². The molecule has 1 fully saturated rings. The number of aromatic amines is 1. The molecule has 8 heteroatoms. The number of hydrogen-bond donors (Lipinski definition) is 1. The summed E-state index contributed by atoms with van der Waals surface area (Å²) in [7, 11) is 0. The summed E-state index contributed by atoms with van der Waals surface area (Å²) >= 11 is 0. The Morgan fingerprint density at radius 3 is 2.64 bits per heavy atom. The first-order valence-electron chi connectivity index (χ1n) is 9.42. The van der Waals surface area contributed by atoms with Gasteiger partial charge in [0.1, 0.15) is 12.4 Å². The molecule has 8 nitrogen and oxygen atoms in total. The number of benzene rings is 1. The molecular weight excluding hydrogens is 362 g/mol. The molecule has 1 N–H and O–H groups in total. The van der Waals surface area contributed by atoms with Gasteiger partial charge in [0.05, 0.1) is 33.0 Å². The van der Waals surface area contributed by atoms with Crippen LogP contribution in [0.2, 0.25) is 0 Å². The fraction of sp³-hybridized carbons (Fsp3) is 0.500. The topological polar surface area (TPSA) is 85.8 Å². The molecular formula is C20H27N3O5. The Hall–Kier alpha value is -2.42. The maximum absolute atomic E-state index is 12.1. The van der Waals surface area contributed by atoms with Gasteiger partial charge in [-0.1, -0.05) is 23.8 Å². The zero-order valence-electron chi connectivity index (χ0n) is 16.4. The van der Waals surface area contributed by atoms with Crippen molar-refractivity contribution in [3.63, 3.8) is 0 Å². The molecule has 0 aliphatic carbocycles. The van der Waals surface area contributed by atoms with Gasteiger partial charge >= 0.3 is 5.69 Å². The van der Waals surface area contributed by atoms with Crippen molar-refractivity contribution in [1.82, 2.24) is 9.55 Å². The summed E-state index contributed by atoms with van der Waals surface area (Å²) in [4.78, 5) is 28.3. The molecule has 0 spiro atoms. The lowest BCUT2D eigenvalue weighted by Crippen LogP contribution is -2.42. The molecule has 0 atom stereocenters. The van der Waals surface area contributed by atoms with E-state index in [2.05, 4.69) is 37.0 Å². The molecule has 1 aliphatic rings. The number of aromatic nitrogens is 2. The van der Waals surface area contributed by atoms with E-state index >= 15 is 0 Å². The van der Waals surface area contributed by atoms with E-state index in [4.69, 9.17) is 14.2 Å². The highest BCUT2D eigenvalue weighted by atomic mass is 16.5. The van der Waals surface area contributed by atoms with Crippen molar-refractivity contribution in [3.8, 4) is 0 Å². The number of H-pyrrole nitrogens is 1. The number of ether oxygens (including phenoxy) is 3. The molecule has 1 aromatic carbocycles. The summed E-state index contributed by atoms with van der Waals surface area (Å²) in [6, 6.07) is 6.28. The molecule has 2 aromatic rings. The van der Waals surface area contributed by atoms with Gasteiger partial charge in [0.2, 0.25) is 0 Å². The van der Waals surface area contributed by atoms with Crippen molar-refractivity contribution in [2.45, 2.75) is 27.2 Å². The van der Waals surface area contributed by atoms with Crippen molar-refractivity contribution >= 4 is 5.69 Å².